The van der Waals surface area contributed by atoms with Crippen LogP contribution in [-0.4, -0.2) is 22.9 Å². The van der Waals surface area contributed by atoms with E-state index in [0.717, 1.165) is 29.5 Å². The average Bonchev–Trinajstić information content (AvgIpc) is 3.07. The van der Waals surface area contributed by atoms with E-state index >= 15 is 0 Å². The molecule has 1 fully saturated rings. The summed E-state index contributed by atoms with van der Waals surface area (Å²) in [6.07, 6.45) is 9.12. The molecule has 1 aromatic carbocycles. The highest BCUT2D eigenvalue weighted by atomic mass is 14.9. The molecule has 0 unspecified atom stereocenters. The Bertz CT molecular complexity index is 509. The third-order valence-corrected chi connectivity index (χ3v) is 2.99. The molecule has 0 spiro atoms. The fourth-order valence-corrected chi connectivity index (χ4v) is 1.73. The fourth-order valence-electron chi connectivity index (χ4n) is 1.73. The molecular weight excluding hydrogens is 224 g/mol. The van der Waals surface area contributed by atoms with Gasteiger partial charge >= 0.3 is 0 Å². The molecule has 0 amide bonds. The highest BCUT2D eigenvalue weighted by molar-refractivity contribution is 5.64. The first-order valence-corrected chi connectivity index (χ1v) is 6.20. The van der Waals surface area contributed by atoms with E-state index in [1.807, 2.05) is 30.5 Å². The van der Waals surface area contributed by atoms with Gasteiger partial charge in [-0.2, -0.15) is 0 Å². The summed E-state index contributed by atoms with van der Waals surface area (Å²) in [6, 6.07) is 7.92. The van der Waals surface area contributed by atoms with Gasteiger partial charge in [0, 0.05) is 24.5 Å². The van der Waals surface area contributed by atoms with Gasteiger partial charge in [0.25, 0.3) is 0 Å². The van der Waals surface area contributed by atoms with Gasteiger partial charge in [-0.25, -0.2) is 9.98 Å². The summed E-state index contributed by atoms with van der Waals surface area (Å²) >= 11 is 0. The van der Waals surface area contributed by atoms with Gasteiger partial charge in [0.2, 0.25) is 0 Å². The Kier molecular flexibility index (Phi) is 3.08. The minimum atomic E-state index is 0.842. The Balaban J connectivity index is 1.59. The largest absolute Gasteiger partial charge is 0.367 e. The molecule has 1 radical (unpaired) electrons. The molecule has 0 saturated heterocycles. The molecule has 1 aromatic heterocycles. The van der Waals surface area contributed by atoms with Crippen molar-refractivity contribution in [3.8, 4) is 11.4 Å². The van der Waals surface area contributed by atoms with Crippen molar-refractivity contribution in [3.63, 3.8) is 0 Å². The summed E-state index contributed by atoms with van der Waals surface area (Å²) in [5.74, 6) is 1.72. The maximum absolute atomic E-state index is 4.24. The number of hydrogen-bond acceptors (Lipinski definition) is 2. The van der Waals surface area contributed by atoms with Crippen LogP contribution in [0.5, 0.6) is 0 Å². The molecule has 18 heavy (non-hydrogen) atoms. The van der Waals surface area contributed by atoms with Crippen LogP contribution in [0.15, 0.2) is 41.7 Å². The molecule has 0 bridgehead atoms. The Morgan fingerprint density at radius 1 is 1.33 bits per heavy atom. The van der Waals surface area contributed by atoms with E-state index in [0.29, 0.717) is 0 Å². The topological polar surface area (TPSA) is 53.1 Å². The minimum Gasteiger partial charge on any atom is -0.367 e. The van der Waals surface area contributed by atoms with E-state index in [1.165, 1.54) is 12.8 Å². The van der Waals surface area contributed by atoms with E-state index < -0.39 is 0 Å². The Hall–Kier alpha value is -2.10. The number of aromatic nitrogens is 2. The van der Waals surface area contributed by atoms with Crippen molar-refractivity contribution >= 4 is 12.0 Å². The predicted octanol–water partition coefficient (Wildman–Crippen LogP) is 2.61. The zero-order valence-corrected chi connectivity index (χ0v) is 10.1. The lowest BCUT2D eigenvalue weighted by molar-refractivity contribution is 0.781. The van der Waals surface area contributed by atoms with Crippen LogP contribution in [0, 0.1) is 5.92 Å². The van der Waals surface area contributed by atoms with Gasteiger partial charge in [0.1, 0.15) is 5.82 Å². The zero-order chi connectivity index (χ0) is 12.2. The second kappa shape index (κ2) is 5.04. The number of nitrogens with one attached hydrogen (secondary N) is 2. The number of H-pyrrole nitrogens is 1. The number of aliphatic imine (C=N–C) groups is 1. The van der Waals surface area contributed by atoms with Gasteiger partial charge in [0.15, 0.2) is 6.34 Å². The van der Waals surface area contributed by atoms with Gasteiger partial charge in [-0.3, -0.25) is 0 Å². The molecule has 1 saturated carbocycles. The van der Waals surface area contributed by atoms with Crippen molar-refractivity contribution in [1.29, 1.82) is 0 Å². The number of rotatable bonds is 5. The number of hydrogen-bond donors (Lipinski definition) is 2. The van der Waals surface area contributed by atoms with Crippen molar-refractivity contribution < 1.29 is 0 Å². The Morgan fingerprint density at radius 2 is 2.17 bits per heavy atom. The number of imidazole rings is 1. The molecule has 4 nitrogen and oxygen atoms in total. The number of nitrogens with zero attached hydrogens (tertiary/aromatic N) is 2. The maximum atomic E-state index is 4.24. The van der Waals surface area contributed by atoms with Crippen LogP contribution >= 0.6 is 0 Å². The molecule has 3 rings (SSSR count). The van der Waals surface area contributed by atoms with Gasteiger partial charge in [0.05, 0.1) is 5.69 Å². The summed E-state index contributed by atoms with van der Waals surface area (Å²) in [6.45, 7) is 0.994. The fraction of sp³-hybridized carbons (Fsp3) is 0.286. The number of aromatic amines is 1. The number of benzene rings is 1. The molecule has 4 heteroatoms. The first-order chi connectivity index (χ1) is 8.92. The third-order valence-electron chi connectivity index (χ3n) is 2.99. The molecule has 0 aliphatic heterocycles. The van der Waals surface area contributed by atoms with Gasteiger partial charge in [-0.15, -0.1) is 0 Å². The quantitative estimate of drug-likeness (QED) is 0.478. The van der Waals surface area contributed by atoms with Gasteiger partial charge < -0.3 is 10.3 Å². The molecule has 1 aliphatic carbocycles. The second-order valence-electron chi connectivity index (χ2n) is 4.53. The molecular formula is C14H15N4. The lowest BCUT2D eigenvalue weighted by Crippen LogP contribution is -2.13. The van der Waals surface area contributed by atoms with E-state index in [-0.39, 0.29) is 0 Å². The lowest BCUT2D eigenvalue weighted by Gasteiger charge is -1.98. The van der Waals surface area contributed by atoms with Crippen LogP contribution in [0.1, 0.15) is 12.8 Å². The van der Waals surface area contributed by atoms with Gasteiger partial charge in [-0.05, 0) is 43.0 Å². The first-order valence-electron chi connectivity index (χ1n) is 6.20. The normalized spacial score (nSPS) is 15.1. The molecule has 1 aliphatic rings. The van der Waals surface area contributed by atoms with Crippen molar-refractivity contribution in [2.24, 2.45) is 10.9 Å². The third kappa shape index (κ3) is 2.77. The summed E-state index contributed by atoms with van der Waals surface area (Å²) in [4.78, 5) is 11.5. The zero-order valence-electron chi connectivity index (χ0n) is 10.1. The standard InChI is InChI=1S/C14H15N4/c1-2-11(1)9-15-10-18-13-5-3-12(4-6-13)14-16-7-8-17-14/h3-8,11H,1-2,9H2,(H,15,18)(H,16,17). The van der Waals surface area contributed by atoms with Crippen molar-refractivity contribution in [2.75, 3.05) is 6.54 Å². The Labute approximate surface area is 106 Å². The highest BCUT2D eigenvalue weighted by Crippen LogP contribution is 2.27. The van der Waals surface area contributed by atoms with E-state index in [2.05, 4.69) is 26.6 Å². The van der Waals surface area contributed by atoms with Crippen LogP contribution in [-0.2, 0) is 0 Å². The van der Waals surface area contributed by atoms with E-state index in [9.17, 15) is 0 Å². The second-order valence-corrected chi connectivity index (χ2v) is 4.53. The molecule has 1 heterocycles. The molecule has 0 atom stereocenters. The van der Waals surface area contributed by atoms with Crippen LogP contribution in [0.25, 0.3) is 11.4 Å². The summed E-state index contributed by atoms with van der Waals surface area (Å²) in [7, 11) is 0. The highest BCUT2D eigenvalue weighted by Gasteiger charge is 2.19. The predicted molar refractivity (Wildman–Crippen MR) is 71.8 cm³/mol. The van der Waals surface area contributed by atoms with Crippen molar-refractivity contribution in [3.05, 3.63) is 36.7 Å². The van der Waals surface area contributed by atoms with Crippen LogP contribution in [0.4, 0.5) is 5.69 Å². The molecule has 2 aromatic rings. The summed E-state index contributed by atoms with van der Waals surface area (Å²) in [5.41, 5.74) is 1.96. The van der Waals surface area contributed by atoms with Gasteiger partial charge in [-0.1, -0.05) is 0 Å². The summed E-state index contributed by atoms with van der Waals surface area (Å²) in [5, 5.41) is 3.10. The Morgan fingerprint density at radius 3 is 2.83 bits per heavy atom. The average molecular weight is 239 g/mol. The lowest BCUT2D eigenvalue weighted by atomic mass is 10.2. The van der Waals surface area contributed by atoms with Crippen molar-refractivity contribution in [2.45, 2.75) is 12.8 Å². The SMILES string of the molecule is [C](=N\c1ccc(-c2ncc[nH]2)cc1)/NCC1CC1. The minimum absolute atomic E-state index is 0.842. The van der Waals surface area contributed by atoms with E-state index in [4.69, 9.17) is 0 Å². The smallest absolute Gasteiger partial charge is 0.169 e. The molecule has 91 valence electrons. The van der Waals surface area contributed by atoms with Crippen molar-refractivity contribution in [1.82, 2.24) is 15.3 Å². The monoisotopic (exact) mass is 239 g/mol. The van der Waals surface area contributed by atoms with Crippen LogP contribution in [0.2, 0.25) is 0 Å². The summed E-state index contributed by atoms with van der Waals surface area (Å²) < 4.78 is 0. The first kappa shape index (κ1) is 11.0. The van der Waals surface area contributed by atoms with E-state index in [1.54, 1.807) is 6.20 Å². The van der Waals surface area contributed by atoms with Crippen LogP contribution in [0.3, 0.4) is 0 Å². The maximum Gasteiger partial charge on any atom is 0.169 e. The van der Waals surface area contributed by atoms with Crippen LogP contribution < -0.4 is 5.32 Å². The molecule has 2 N–H and O–H groups in total.